The second-order valence-electron chi connectivity index (χ2n) is 3.68. The molecule has 1 saturated carbocycles. The maximum absolute atomic E-state index is 11.4. The molecule has 0 heterocycles. The van der Waals surface area contributed by atoms with Crippen LogP contribution in [0.4, 0.5) is 0 Å². The summed E-state index contributed by atoms with van der Waals surface area (Å²) in [5.41, 5.74) is 0.256. The molecule has 0 aromatic carbocycles. The number of nitrogens with one attached hydrogen (secondary N) is 1. The topological polar surface area (TPSA) is 29.1 Å². The van der Waals surface area contributed by atoms with E-state index < -0.39 is 0 Å². The van der Waals surface area contributed by atoms with Crippen LogP contribution in [0.25, 0.3) is 0 Å². The third-order valence-corrected chi connectivity index (χ3v) is 3.74. The molecule has 0 unspecified atom stereocenters. The summed E-state index contributed by atoms with van der Waals surface area (Å²) in [6, 6.07) is 0. The van der Waals surface area contributed by atoms with Gasteiger partial charge in [-0.1, -0.05) is 0 Å². The van der Waals surface area contributed by atoms with Crippen molar-refractivity contribution >= 4 is 30.3 Å². The molecule has 1 aliphatic carbocycles. The van der Waals surface area contributed by atoms with Crippen molar-refractivity contribution in [3.05, 3.63) is 0 Å². The molecule has 0 spiro atoms. The number of thiol groups is 1. The SMILES string of the molecule is CSCCNC(=O)CC1(CS)CC1. The summed E-state index contributed by atoms with van der Waals surface area (Å²) in [5, 5.41) is 2.92. The van der Waals surface area contributed by atoms with Gasteiger partial charge in [-0.2, -0.15) is 24.4 Å². The van der Waals surface area contributed by atoms with Crippen LogP contribution in [0.2, 0.25) is 0 Å². The van der Waals surface area contributed by atoms with E-state index in [2.05, 4.69) is 17.9 Å². The fourth-order valence-corrected chi connectivity index (χ4v) is 2.00. The van der Waals surface area contributed by atoms with E-state index in [0.717, 1.165) is 18.1 Å². The molecule has 0 radical (unpaired) electrons. The number of hydrogen-bond donors (Lipinski definition) is 2. The van der Waals surface area contributed by atoms with Crippen LogP contribution in [0.15, 0.2) is 0 Å². The molecule has 0 aliphatic heterocycles. The second-order valence-corrected chi connectivity index (χ2v) is 4.98. The Kier molecular flexibility index (Phi) is 4.46. The Balaban J connectivity index is 2.11. The average molecular weight is 219 g/mol. The largest absolute Gasteiger partial charge is 0.355 e. The predicted molar refractivity (Wildman–Crippen MR) is 61.5 cm³/mol. The fraction of sp³-hybridized carbons (Fsp3) is 0.889. The van der Waals surface area contributed by atoms with Crippen molar-refractivity contribution in [1.29, 1.82) is 0 Å². The van der Waals surface area contributed by atoms with Crippen LogP contribution in [0.5, 0.6) is 0 Å². The Labute approximate surface area is 89.6 Å². The Morgan fingerprint density at radius 2 is 2.31 bits per heavy atom. The molecule has 1 amide bonds. The van der Waals surface area contributed by atoms with Gasteiger partial charge in [-0.3, -0.25) is 4.79 Å². The minimum Gasteiger partial charge on any atom is -0.355 e. The quantitative estimate of drug-likeness (QED) is 0.524. The average Bonchev–Trinajstić information content (AvgIpc) is 2.86. The molecule has 0 bridgehead atoms. The lowest BCUT2D eigenvalue weighted by Crippen LogP contribution is -2.28. The molecule has 0 atom stereocenters. The highest BCUT2D eigenvalue weighted by Gasteiger charge is 2.42. The maximum Gasteiger partial charge on any atom is 0.220 e. The van der Waals surface area contributed by atoms with Crippen LogP contribution in [-0.2, 0) is 4.79 Å². The highest BCUT2D eigenvalue weighted by molar-refractivity contribution is 7.98. The van der Waals surface area contributed by atoms with Gasteiger partial charge in [0.05, 0.1) is 0 Å². The second kappa shape index (κ2) is 5.15. The lowest BCUT2D eigenvalue weighted by Gasteiger charge is -2.11. The van der Waals surface area contributed by atoms with Gasteiger partial charge in [0.2, 0.25) is 5.91 Å². The van der Waals surface area contributed by atoms with E-state index >= 15 is 0 Å². The third-order valence-electron chi connectivity index (χ3n) is 2.46. The highest BCUT2D eigenvalue weighted by Crippen LogP contribution is 2.49. The molecule has 0 aromatic rings. The lowest BCUT2D eigenvalue weighted by molar-refractivity contribution is -0.121. The summed E-state index contributed by atoms with van der Waals surface area (Å²) < 4.78 is 0. The van der Waals surface area contributed by atoms with Gasteiger partial charge >= 0.3 is 0 Å². The smallest absolute Gasteiger partial charge is 0.220 e. The molecule has 1 fully saturated rings. The monoisotopic (exact) mass is 219 g/mol. The van der Waals surface area contributed by atoms with E-state index in [4.69, 9.17) is 0 Å². The van der Waals surface area contributed by atoms with Gasteiger partial charge in [0, 0.05) is 18.7 Å². The Morgan fingerprint density at radius 3 is 2.77 bits per heavy atom. The molecular weight excluding hydrogens is 202 g/mol. The number of thioether (sulfide) groups is 1. The Hall–Kier alpha value is 0.170. The van der Waals surface area contributed by atoms with Crippen molar-refractivity contribution in [2.75, 3.05) is 24.3 Å². The standard InChI is InChI=1S/C9H17NOS2/c1-13-5-4-10-8(11)6-9(7-12)2-3-9/h12H,2-7H2,1H3,(H,10,11). The van der Waals surface area contributed by atoms with E-state index in [1.54, 1.807) is 11.8 Å². The Bertz CT molecular complexity index is 180. The van der Waals surface area contributed by atoms with E-state index in [0.29, 0.717) is 6.42 Å². The summed E-state index contributed by atoms with van der Waals surface area (Å²) in [5.74, 6) is 2.04. The zero-order valence-electron chi connectivity index (χ0n) is 8.01. The van der Waals surface area contributed by atoms with Crippen LogP contribution in [0.1, 0.15) is 19.3 Å². The van der Waals surface area contributed by atoms with Crippen LogP contribution >= 0.6 is 24.4 Å². The Morgan fingerprint density at radius 1 is 1.62 bits per heavy atom. The van der Waals surface area contributed by atoms with Gasteiger partial charge in [0.15, 0.2) is 0 Å². The first-order valence-electron chi connectivity index (χ1n) is 4.59. The normalized spacial score (nSPS) is 18.3. The molecule has 13 heavy (non-hydrogen) atoms. The molecule has 0 saturated heterocycles. The van der Waals surface area contributed by atoms with Crippen LogP contribution in [0, 0.1) is 5.41 Å². The van der Waals surface area contributed by atoms with Crippen molar-refractivity contribution < 1.29 is 4.79 Å². The molecule has 4 heteroatoms. The van der Waals surface area contributed by atoms with Crippen molar-refractivity contribution in [2.24, 2.45) is 5.41 Å². The van der Waals surface area contributed by atoms with Crippen molar-refractivity contribution in [1.82, 2.24) is 5.32 Å². The molecule has 1 rings (SSSR count). The van der Waals surface area contributed by atoms with E-state index in [1.807, 2.05) is 6.26 Å². The lowest BCUT2D eigenvalue weighted by atomic mass is 10.1. The van der Waals surface area contributed by atoms with Gasteiger partial charge in [-0.25, -0.2) is 0 Å². The molecule has 1 aliphatic rings. The number of carbonyl (C=O) groups excluding carboxylic acids is 1. The molecule has 1 N–H and O–H groups in total. The summed E-state index contributed by atoms with van der Waals surface area (Å²) in [7, 11) is 0. The van der Waals surface area contributed by atoms with E-state index in [9.17, 15) is 4.79 Å². The van der Waals surface area contributed by atoms with Crippen LogP contribution in [0.3, 0.4) is 0 Å². The van der Waals surface area contributed by atoms with Gasteiger partial charge < -0.3 is 5.32 Å². The molecule has 0 aromatic heterocycles. The van der Waals surface area contributed by atoms with E-state index in [1.165, 1.54) is 12.8 Å². The van der Waals surface area contributed by atoms with Crippen molar-refractivity contribution in [3.63, 3.8) is 0 Å². The fourth-order valence-electron chi connectivity index (χ4n) is 1.26. The molecule has 2 nitrogen and oxygen atoms in total. The third kappa shape index (κ3) is 3.81. The van der Waals surface area contributed by atoms with Gasteiger partial charge in [-0.05, 0) is 30.3 Å². The number of rotatable bonds is 6. The minimum atomic E-state index is 0.195. The van der Waals surface area contributed by atoms with Crippen LogP contribution in [-0.4, -0.2) is 30.2 Å². The first kappa shape index (κ1) is 11.2. The summed E-state index contributed by atoms with van der Waals surface area (Å²) in [6.07, 6.45) is 5.06. The highest BCUT2D eigenvalue weighted by atomic mass is 32.2. The first-order valence-corrected chi connectivity index (χ1v) is 6.61. The summed E-state index contributed by atoms with van der Waals surface area (Å²) in [4.78, 5) is 11.4. The molecular formula is C9H17NOS2. The molecule has 76 valence electrons. The summed E-state index contributed by atoms with van der Waals surface area (Å²) >= 11 is 6.02. The number of carbonyl (C=O) groups is 1. The predicted octanol–water partition coefficient (Wildman–Crippen LogP) is 1.57. The zero-order chi connectivity index (χ0) is 9.73. The minimum absolute atomic E-state index is 0.195. The van der Waals surface area contributed by atoms with Gasteiger partial charge in [0.1, 0.15) is 0 Å². The summed E-state index contributed by atoms with van der Waals surface area (Å²) in [6.45, 7) is 0.794. The van der Waals surface area contributed by atoms with Crippen molar-refractivity contribution in [3.8, 4) is 0 Å². The van der Waals surface area contributed by atoms with Crippen LogP contribution < -0.4 is 5.32 Å². The van der Waals surface area contributed by atoms with Crippen molar-refractivity contribution in [2.45, 2.75) is 19.3 Å². The first-order chi connectivity index (χ1) is 6.22. The van der Waals surface area contributed by atoms with E-state index in [-0.39, 0.29) is 11.3 Å². The van der Waals surface area contributed by atoms with Gasteiger partial charge in [0.25, 0.3) is 0 Å². The number of hydrogen-bond acceptors (Lipinski definition) is 3. The zero-order valence-corrected chi connectivity index (χ0v) is 9.72. The maximum atomic E-state index is 11.4. The van der Waals surface area contributed by atoms with Gasteiger partial charge in [-0.15, -0.1) is 0 Å². The number of amides is 1.